The van der Waals surface area contributed by atoms with Crippen LogP contribution in [0.3, 0.4) is 0 Å². The molecule has 22 heavy (non-hydrogen) atoms. The number of carbonyl (C=O) groups is 1. The van der Waals surface area contributed by atoms with Crippen LogP contribution in [0.4, 0.5) is 0 Å². The first-order chi connectivity index (χ1) is 10.5. The molecule has 0 radical (unpaired) electrons. The van der Waals surface area contributed by atoms with Crippen LogP contribution < -0.4 is 10.9 Å². The molecular formula is C17H23N3O2. The normalized spacial score (nSPS) is 12.5. The van der Waals surface area contributed by atoms with E-state index in [1.165, 1.54) is 10.9 Å². The number of amides is 1. The molecule has 1 unspecified atom stereocenters. The third kappa shape index (κ3) is 4.16. The monoisotopic (exact) mass is 301 g/mol. The maximum atomic E-state index is 12.3. The molecule has 0 aliphatic rings. The molecule has 0 saturated carbocycles. The molecule has 0 bridgehead atoms. The van der Waals surface area contributed by atoms with Crippen molar-refractivity contribution in [2.45, 2.75) is 46.2 Å². The molecule has 1 aromatic heterocycles. The number of nitrogens with one attached hydrogen (secondary N) is 1. The van der Waals surface area contributed by atoms with Gasteiger partial charge in [0.15, 0.2) is 0 Å². The van der Waals surface area contributed by atoms with Gasteiger partial charge in [-0.05, 0) is 37.8 Å². The lowest BCUT2D eigenvalue weighted by Crippen LogP contribution is -2.37. The summed E-state index contributed by atoms with van der Waals surface area (Å²) < 4.78 is 1.35. The molecule has 1 aromatic carbocycles. The van der Waals surface area contributed by atoms with Crippen LogP contribution >= 0.6 is 0 Å². The number of benzene rings is 1. The van der Waals surface area contributed by atoms with Crippen LogP contribution in [-0.2, 0) is 11.3 Å². The van der Waals surface area contributed by atoms with E-state index in [0.29, 0.717) is 16.8 Å². The zero-order valence-electron chi connectivity index (χ0n) is 13.4. The molecule has 118 valence electrons. The first-order valence-corrected chi connectivity index (χ1v) is 7.71. The Labute approximate surface area is 130 Å². The van der Waals surface area contributed by atoms with Gasteiger partial charge in [0.2, 0.25) is 5.91 Å². The quantitative estimate of drug-likeness (QED) is 0.890. The third-order valence-electron chi connectivity index (χ3n) is 3.63. The highest BCUT2D eigenvalue weighted by Crippen LogP contribution is 2.07. The molecule has 2 aromatic rings. The van der Waals surface area contributed by atoms with Crippen LogP contribution in [0.25, 0.3) is 10.9 Å². The fourth-order valence-corrected chi connectivity index (χ4v) is 2.35. The Morgan fingerprint density at radius 2 is 1.95 bits per heavy atom. The number of nitrogens with zero attached hydrogens (tertiary/aromatic N) is 2. The minimum absolute atomic E-state index is 0.00266. The first-order valence-electron chi connectivity index (χ1n) is 7.71. The van der Waals surface area contributed by atoms with E-state index in [9.17, 15) is 9.59 Å². The summed E-state index contributed by atoms with van der Waals surface area (Å²) in [5.74, 6) is 0.460. The molecule has 1 atom stereocenters. The van der Waals surface area contributed by atoms with Crippen molar-refractivity contribution in [3.63, 3.8) is 0 Å². The summed E-state index contributed by atoms with van der Waals surface area (Å²) in [4.78, 5) is 28.6. The summed E-state index contributed by atoms with van der Waals surface area (Å²) in [5.41, 5.74) is 0.463. The van der Waals surface area contributed by atoms with Crippen molar-refractivity contribution in [2.24, 2.45) is 5.92 Å². The van der Waals surface area contributed by atoms with E-state index in [0.717, 1.165) is 12.8 Å². The van der Waals surface area contributed by atoms with E-state index in [-0.39, 0.29) is 24.1 Å². The number of hydrogen-bond acceptors (Lipinski definition) is 3. The number of hydrogen-bond donors (Lipinski definition) is 1. The van der Waals surface area contributed by atoms with E-state index < -0.39 is 0 Å². The van der Waals surface area contributed by atoms with E-state index in [1.807, 2.05) is 13.0 Å². The average Bonchev–Trinajstić information content (AvgIpc) is 2.48. The Balaban J connectivity index is 2.03. The van der Waals surface area contributed by atoms with Crippen molar-refractivity contribution in [3.05, 3.63) is 40.9 Å². The van der Waals surface area contributed by atoms with Gasteiger partial charge in [0.05, 0.1) is 17.2 Å². The van der Waals surface area contributed by atoms with Crippen LogP contribution in [0.15, 0.2) is 35.4 Å². The van der Waals surface area contributed by atoms with E-state index in [1.54, 1.807) is 18.2 Å². The maximum Gasteiger partial charge on any atom is 0.261 e. The van der Waals surface area contributed by atoms with Gasteiger partial charge in [0, 0.05) is 6.04 Å². The lowest BCUT2D eigenvalue weighted by atomic mass is 10.0. The van der Waals surface area contributed by atoms with E-state index in [2.05, 4.69) is 24.1 Å². The van der Waals surface area contributed by atoms with Gasteiger partial charge in [-0.1, -0.05) is 26.0 Å². The van der Waals surface area contributed by atoms with Crippen molar-refractivity contribution < 1.29 is 4.79 Å². The summed E-state index contributed by atoms with van der Waals surface area (Å²) in [6, 6.07) is 7.25. The maximum absolute atomic E-state index is 12.3. The standard InChI is InChI=1S/C17H23N3O2/c1-12(2)8-9-13(3)19-16(21)10-20-11-18-15-7-5-4-6-14(15)17(20)22/h4-7,11-13H,8-10H2,1-3H3,(H,19,21). The van der Waals surface area contributed by atoms with Gasteiger partial charge in [-0.3, -0.25) is 14.2 Å². The number of aromatic nitrogens is 2. The Kier molecular flexibility index (Phi) is 5.31. The molecule has 5 nitrogen and oxygen atoms in total. The molecule has 1 N–H and O–H groups in total. The second-order valence-electron chi connectivity index (χ2n) is 6.13. The Morgan fingerprint density at radius 1 is 1.23 bits per heavy atom. The topological polar surface area (TPSA) is 64.0 Å². The Bertz CT molecular complexity index is 706. The second-order valence-corrected chi connectivity index (χ2v) is 6.13. The predicted molar refractivity (Wildman–Crippen MR) is 87.7 cm³/mol. The summed E-state index contributed by atoms with van der Waals surface area (Å²) in [6.07, 6.45) is 3.44. The van der Waals surface area contributed by atoms with Gasteiger partial charge < -0.3 is 5.32 Å². The summed E-state index contributed by atoms with van der Waals surface area (Å²) >= 11 is 0. The fourth-order valence-electron chi connectivity index (χ4n) is 2.35. The number of fused-ring (bicyclic) bond motifs is 1. The van der Waals surface area contributed by atoms with Crippen molar-refractivity contribution >= 4 is 16.8 Å². The minimum Gasteiger partial charge on any atom is -0.352 e. The molecule has 2 rings (SSSR count). The van der Waals surface area contributed by atoms with Crippen LogP contribution in [0.1, 0.15) is 33.6 Å². The molecule has 0 spiro atoms. The fraction of sp³-hybridized carbons (Fsp3) is 0.471. The van der Waals surface area contributed by atoms with Crippen LogP contribution in [-0.4, -0.2) is 21.5 Å². The second kappa shape index (κ2) is 7.20. The average molecular weight is 301 g/mol. The molecule has 1 amide bonds. The van der Waals surface area contributed by atoms with Crippen LogP contribution in [0, 0.1) is 5.92 Å². The van der Waals surface area contributed by atoms with Gasteiger partial charge in [0.25, 0.3) is 5.56 Å². The van der Waals surface area contributed by atoms with E-state index >= 15 is 0 Å². The number of para-hydroxylation sites is 1. The molecule has 5 heteroatoms. The largest absolute Gasteiger partial charge is 0.352 e. The molecule has 0 fully saturated rings. The summed E-state index contributed by atoms with van der Waals surface area (Å²) in [6.45, 7) is 6.31. The van der Waals surface area contributed by atoms with Gasteiger partial charge in [-0.15, -0.1) is 0 Å². The zero-order chi connectivity index (χ0) is 16.1. The van der Waals surface area contributed by atoms with Crippen molar-refractivity contribution in [3.8, 4) is 0 Å². The SMILES string of the molecule is CC(C)CCC(C)NC(=O)Cn1cnc2ccccc2c1=O. The number of rotatable bonds is 6. The summed E-state index contributed by atoms with van der Waals surface area (Å²) in [7, 11) is 0. The van der Waals surface area contributed by atoms with Gasteiger partial charge in [-0.25, -0.2) is 4.98 Å². The van der Waals surface area contributed by atoms with Gasteiger partial charge in [0.1, 0.15) is 6.54 Å². The van der Waals surface area contributed by atoms with Crippen LogP contribution in [0.5, 0.6) is 0 Å². The Hall–Kier alpha value is -2.17. The van der Waals surface area contributed by atoms with Gasteiger partial charge in [-0.2, -0.15) is 0 Å². The first kappa shape index (κ1) is 16.2. The highest BCUT2D eigenvalue weighted by Gasteiger charge is 2.11. The molecule has 1 heterocycles. The molecule has 0 saturated heterocycles. The highest BCUT2D eigenvalue weighted by molar-refractivity contribution is 5.78. The molecule has 0 aliphatic carbocycles. The Morgan fingerprint density at radius 3 is 2.68 bits per heavy atom. The van der Waals surface area contributed by atoms with E-state index in [4.69, 9.17) is 0 Å². The van der Waals surface area contributed by atoms with Crippen molar-refractivity contribution in [1.29, 1.82) is 0 Å². The number of carbonyl (C=O) groups excluding carboxylic acids is 1. The van der Waals surface area contributed by atoms with Crippen molar-refractivity contribution in [2.75, 3.05) is 0 Å². The molecule has 0 aliphatic heterocycles. The minimum atomic E-state index is -0.185. The summed E-state index contributed by atoms with van der Waals surface area (Å²) in [5, 5.41) is 3.47. The predicted octanol–water partition coefficient (Wildman–Crippen LogP) is 2.34. The van der Waals surface area contributed by atoms with Crippen molar-refractivity contribution in [1.82, 2.24) is 14.9 Å². The third-order valence-corrected chi connectivity index (χ3v) is 3.63. The van der Waals surface area contributed by atoms with Gasteiger partial charge >= 0.3 is 0 Å². The lowest BCUT2D eigenvalue weighted by molar-refractivity contribution is -0.122. The molecular weight excluding hydrogens is 278 g/mol. The lowest BCUT2D eigenvalue weighted by Gasteiger charge is -2.15. The zero-order valence-corrected chi connectivity index (χ0v) is 13.4. The smallest absolute Gasteiger partial charge is 0.261 e. The highest BCUT2D eigenvalue weighted by atomic mass is 16.2. The van der Waals surface area contributed by atoms with Crippen LogP contribution in [0.2, 0.25) is 0 Å².